The number of likely N-dealkylation sites (tertiary alicyclic amines) is 1. The molecule has 1 aromatic rings. The second-order valence-corrected chi connectivity index (χ2v) is 8.94. The average molecular weight is 381 g/mol. The number of piperidine rings is 1. The van der Waals surface area contributed by atoms with Gasteiger partial charge in [-0.2, -0.15) is 0 Å². The van der Waals surface area contributed by atoms with Crippen molar-refractivity contribution in [3.05, 3.63) is 42.0 Å². The van der Waals surface area contributed by atoms with Crippen molar-refractivity contribution in [1.29, 1.82) is 0 Å². The van der Waals surface area contributed by atoms with Gasteiger partial charge in [0.2, 0.25) is 5.91 Å². The SMILES string of the molecule is CCCCC1NNC2CCN(C(=O)C3Nc4ccccc4C4C=CCC34)CC12. The van der Waals surface area contributed by atoms with Crippen LogP contribution in [0.2, 0.25) is 0 Å². The molecular weight excluding hydrogens is 348 g/mol. The lowest BCUT2D eigenvalue weighted by atomic mass is 9.78. The molecule has 1 aromatic carbocycles. The highest BCUT2D eigenvalue weighted by atomic mass is 16.2. The summed E-state index contributed by atoms with van der Waals surface area (Å²) in [6.45, 7) is 3.98. The lowest BCUT2D eigenvalue weighted by Crippen LogP contribution is -2.55. The van der Waals surface area contributed by atoms with Crippen LogP contribution in [0.5, 0.6) is 0 Å². The quantitative estimate of drug-likeness (QED) is 0.703. The molecule has 1 aliphatic carbocycles. The summed E-state index contributed by atoms with van der Waals surface area (Å²) in [5.74, 6) is 1.54. The Kier molecular flexibility index (Phi) is 4.89. The largest absolute Gasteiger partial charge is 0.373 e. The number of allylic oxidation sites excluding steroid dienone is 2. The van der Waals surface area contributed by atoms with Gasteiger partial charge in [-0.1, -0.05) is 50.1 Å². The number of hydrogen-bond acceptors (Lipinski definition) is 4. The minimum atomic E-state index is -0.108. The number of unbranched alkanes of at least 4 members (excludes halogenated alkanes) is 1. The Bertz CT molecular complexity index is 763. The van der Waals surface area contributed by atoms with Gasteiger partial charge >= 0.3 is 0 Å². The maximum atomic E-state index is 13.6. The van der Waals surface area contributed by atoms with Crippen molar-refractivity contribution in [2.75, 3.05) is 18.4 Å². The summed E-state index contributed by atoms with van der Waals surface area (Å²) < 4.78 is 0. The molecule has 2 fully saturated rings. The molecule has 4 aliphatic rings. The Labute approximate surface area is 167 Å². The number of carbonyl (C=O) groups is 1. The molecule has 0 aromatic heterocycles. The fraction of sp³-hybridized carbons (Fsp3) is 0.609. The predicted octanol–water partition coefficient (Wildman–Crippen LogP) is 3.02. The third-order valence-electron chi connectivity index (χ3n) is 7.35. The predicted molar refractivity (Wildman–Crippen MR) is 112 cm³/mol. The van der Waals surface area contributed by atoms with Crippen molar-refractivity contribution < 1.29 is 4.79 Å². The van der Waals surface area contributed by atoms with Crippen molar-refractivity contribution in [1.82, 2.24) is 15.8 Å². The molecule has 3 aliphatic heterocycles. The molecule has 0 radical (unpaired) electrons. The van der Waals surface area contributed by atoms with E-state index in [1.807, 2.05) is 0 Å². The fourth-order valence-corrected chi connectivity index (χ4v) is 5.79. The zero-order chi connectivity index (χ0) is 19.1. The Balaban J connectivity index is 1.33. The molecule has 6 atom stereocenters. The first-order chi connectivity index (χ1) is 13.8. The molecule has 5 heteroatoms. The third kappa shape index (κ3) is 3.05. The maximum absolute atomic E-state index is 13.6. The normalized spacial score (nSPS) is 35.8. The molecule has 6 unspecified atom stereocenters. The van der Waals surface area contributed by atoms with Crippen LogP contribution in [0.25, 0.3) is 0 Å². The molecule has 5 rings (SSSR count). The van der Waals surface area contributed by atoms with Gasteiger partial charge in [-0.25, -0.2) is 0 Å². The third-order valence-corrected chi connectivity index (χ3v) is 7.35. The van der Waals surface area contributed by atoms with Gasteiger partial charge in [-0.15, -0.1) is 0 Å². The maximum Gasteiger partial charge on any atom is 0.245 e. The van der Waals surface area contributed by atoms with Crippen LogP contribution >= 0.6 is 0 Å². The molecule has 0 bridgehead atoms. The van der Waals surface area contributed by atoms with Gasteiger partial charge < -0.3 is 10.2 Å². The second kappa shape index (κ2) is 7.53. The minimum Gasteiger partial charge on any atom is -0.373 e. The van der Waals surface area contributed by atoms with Gasteiger partial charge in [0, 0.05) is 48.6 Å². The van der Waals surface area contributed by atoms with E-state index in [4.69, 9.17) is 0 Å². The number of benzene rings is 1. The molecular formula is C23H32N4O. The Morgan fingerprint density at radius 3 is 3.00 bits per heavy atom. The van der Waals surface area contributed by atoms with Crippen molar-refractivity contribution in [3.8, 4) is 0 Å². The molecule has 1 amide bonds. The fourth-order valence-electron chi connectivity index (χ4n) is 5.79. The lowest BCUT2D eigenvalue weighted by molar-refractivity contribution is -0.135. The first-order valence-electron chi connectivity index (χ1n) is 11.1. The summed E-state index contributed by atoms with van der Waals surface area (Å²) in [5.41, 5.74) is 9.48. The van der Waals surface area contributed by atoms with Crippen molar-refractivity contribution in [2.45, 2.75) is 63.1 Å². The number of para-hydroxylation sites is 1. The first-order valence-corrected chi connectivity index (χ1v) is 11.1. The second-order valence-electron chi connectivity index (χ2n) is 8.94. The van der Waals surface area contributed by atoms with Crippen LogP contribution in [-0.2, 0) is 4.79 Å². The number of anilines is 1. The van der Waals surface area contributed by atoms with E-state index in [1.165, 1.54) is 24.8 Å². The van der Waals surface area contributed by atoms with E-state index < -0.39 is 0 Å². The van der Waals surface area contributed by atoms with Crippen LogP contribution in [0.1, 0.15) is 50.5 Å². The average Bonchev–Trinajstić information content (AvgIpc) is 3.38. The molecule has 28 heavy (non-hydrogen) atoms. The molecule has 150 valence electrons. The van der Waals surface area contributed by atoms with Crippen LogP contribution in [0.4, 0.5) is 5.69 Å². The number of fused-ring (bicyclic) bond motifs is 4. The number of nitrogens with zero attached hydrogens (tertiary/aromatic N) is 1. The van der Waals surface area contributed by atoms with Gasteiger partial charge in [-0.3, -0.25) is 15.6 Å². The monoisotopic (exact) mass is 380 g/mol. The molecule has 3 N–H and O–H groups in total. The summed E-state index contributed by atoms with van der Waals surface area (Å²) in [4.78, 5) is 15.8. The van der Waals surface area contributed by atoms with E-state index >= 15 is 0 Å². The van der Waals surface area contributed by atoms with Gasteiger partial charge in [0.15, 0.2) is 0 Å². The smallest absolute Gasteiger partial charge is 0.245 e. The first kappa shape index (κ1) is 18.2. The molecule has 5 nitrogen and oxygen atoms in total. The lowest BCUT2D eigenvalue weighted by Gasteiger charge is -2.42. The van der Waals surface area contributed by atoms with Gasteiger partial charge in [-0.05, 0) is 30.9 Å². The topological polar surface area (TPSA) is 56.4 Å². The van der Waals surface area contributed by atoms with E-state index in [1.54, 1.807) is 0 Å². The molecule has 3 heterocycles. The van der Waals surface area contributed by atoms with E-state index in [9.17, 15) is 4.79 Å². The zero-order valence-corrected chi connectivity index (χ0v) is 16.7. The highest BCUT2D eigenvalue weighted by Gasteiger charge is 2.45. The van der Waals surface area contributed by atoms with Crippen LogP contribution in [0.3, 0.4) is 0 Å². The van der Waals surface area contributed by atoms with Crippen LogP contribution in [0.15, 0.2) is 36.4 Å². The number of hydrogen-bond donors (Lipinski definition) is 3. The van der Waals surface area contributed by atoms with E-state index in [0.717, 1.165) is 31.6 Å². The number of carbonyl (C=O) groups excluding carboxylic acids is 1. The van der Waals surface area contributed by atoms with Crippen molar-refractivity contribution >= 4 is 11.6 Å². The van der Waals surface area contributed by atoms with Gasteiger partial charge in [0.05, 0.1) is 0 Å². The molecule has 0 spiro atoms. The Morgan fingerprint density at radius 2 is 2.11 bits per heavy atom. The number of rotatable bonds is 4. The highest BCUT2D eigenvalue weighted by molar-refractivity contribution is 5.87. The van der Waals surface area contributed by atoms with Crippen LogP contribution < -0.4 is 16.2 Å². The summed E-state index contributed by atoms with van der Waals surface area (Å²) >= 11 is 0. The number of amides is 1. The summed E-state index contributed by atoms with van der Waals surface area (Å²) in [6, 6.07) is 9.38. The van der Waals surface area contributed by atoms with E-state index in [0.29, 0.717) is 35.7 Å². The molecule has 2 saturated heterocycles. The number of hydrazine groups is 1. The van der Waals surface area contributed by atoms with Gasteiger partial charge in [0.25, 0.3) is 0 Å². The van der Waals surface area contributed by atoms with Crippen LogP contribution in [-0.4, -0.2) is 42.0 Å². The number of nitrogens with one attached hydrogen (secondary N) is 3. The summed E-state index contributed by atoms with van der Waals surface area (Å²) in [5, 5.41) is 3.61. The molecule has 0 saturated carbocycles. The standard InChI is InChI=1S/C23H32N4O/c1-2-3-10-20-18-14-27(13-12-21(18)26-25-20)23(28)22-17-9-6-8-15(17)16-7-4-5-11-19(16)24-22/h4-8,11,15,17-18,20-22,24-26H,2-3,9-10,12-14H2,1H3. The summed E-state index contributed by atoms with van der Waals surface area (Å²) in [6.07, 6.45) is 10.3. The van der Waals surface area contributed by atoms with Crippen LogP contribution in [0, 0.1) is 11.8 Å². The van der Waals surface area contributed by atoms with Crippen molar-refractivity contribution in [3.63, 3.8) is 0 Å². The zero-order valence-electron chi connectivity index (χ0n) is 16.7. The Morgan fingerprint density at radius 1 is 1.21 bits per heavy atom. The van der Waals surface area contributed by atoms with Crippen molar-refractivity contribution in [2.24, 2.45) is 11.8 Å². The minimum absolute atomic E-state index is 0.108. The van der Waals surface area contributed by atoms with Gasteiger partial charge in [0.1, 0.15) is 6.04 Å². The highest BCUT2D eigenvalue weighted by Crippen LogP contribution is 2.45. The summed E-state index contributed by atoms with van der Waals surface area (Å²) in [7, 11) is 0. The van der Waals surface area contributed by atoms with E-state index in [2.05, 4.69) is 64.4 Å². The Hall–Kier alpha value is -1.85. The van der Waals surface area contributed by atoms with E-state index in [-0.39, 0.29) is 6.04 Å².